The topological polar surface area (TPSA) is 109 Å². The Kier molecular flexibility index (Phi) is 8.17. The lowest BCUT2D eigenvalue weighted by atomic mass is 10.0. The Morgan fingerprint density at radius 1 is 0.911 bits per heavy atom. The molecule has 0 bridgehead atoms. The molecule has 1 aliphatic heterocycles. The fourth-order valence-electron chi connectivity index (χ4n) is 4.96. The molecule has 0 aliphatic carbocycles. The highest BCUT2D eigenvalue weighted by atomic mass is 32.1. The van der Waals surface area contributed by atoms with Gasteiger partial charge in [0, 0.05) is 28.0 Å². The predicted molar refractivity (Wildman–Crippen MR) is 169 cm³/mol. The van der Waals surface area contributed by atoms with Crippen LogP contribution in [0.25, 0.3) is 11.6 Å². The van der Waals surface area contributed by atoms with Crippen molar-refractivity contribution in [2.75, 3.05) is 10.6 Å². The number of hydrogen-bond acceptors (Lipinski definition) is 5. The number of aromatic nitrogens is 1. The standard InChI is InChI=1S/C34H24F2N4O4S/c35-27-12-10-20(16-28(27)36)19-40-14-4-9-24(34(40)44)31(41)39-30(21-6-2-1-3-7-21)33(43)37-22-11-13-29-25(17-22)26(32(42)38-29)18-23-8-5-15-45-23/h1-18,30H,19H2,(H,37,43)(H,38,42)(H,39,41)/b26-18-/t30-/m1/s1. The van der Waals surface area contributed by atoms with Crippen LogP contribution in [0.1, 0.15) is 38.0 Å². The quantitative estimate of drug-likeness (QED) is 0.189. The van der Waals surface area contributed by atoms with Crippen LogP contribution in [0.4, 0.5) is 20.2 Å². The van der Waals surface area contributed by atoms with Crippen molar-refractivity contribution >= 4 is 52.1 Å². The van der Waals surface area contributed by atoms with E-state index in [0.717, 1.165) is 17.0 Å². The Hall–Kier alpha value is -5.68. The van der Waals surface area contributed by atoms with Crippen LogP contribution < -0.4 is 21.5 Å². The van der Waals surface area contributed by atoms with E-state index in [1.165, 1.54) is 40.3 Å². The molecule has 0 saturated carbocycles. The molecule has 11 heteroatoms. The first-order valence-corrected chi connectivity index (χ1v) is 14.7. The van der Waals surface area contributed by atoms with Gasteiger partial charge >= 0.3 is 0 Å². The number of amides is 3. The maximum Gasteiger partial charge on any atom is 0.263 e. The minimum absolute atomic E-state index is 0.0988. The molecule has 45 heavy (non-hydrogen) atoms. The molecule has 1 aliphatic rings. The summed E-state index contributed by atoms with van der Waals surface area (Å²) in [6.07, 6.45) is 3.21. The number of fused-ring (bicyclic) bond motifs is 1. The van der Waals surface area contributed by atoms with Crippen molar-refractivity contribution in [1.29, 1.82) is 0 Å². The number of rotatable bonds is 8. The summed E-state index contributed by atoms with van der Waals surface area (Å²) in [5.74, 6) is -3.69. The predicted octanol–water partition coefficient (Wildman–Crippen LogP) is 5.84. The maximum atomic E-state index is 13.7. The van der Waals surface area contributed by atoms with Crippen molar-refractivity contribution in [3.05, 3.63) is 152 Å². The van der Waals surface area contributed by atoms with Crippen molar-refractivity contribution in [1.82, 2.24) is 9.88 Å². The van der Waals surface area contributed by atoms with Crippen LogP contribution in [-0.2, 0) is 16.1 Å². The molecule has 1 atom stereocenters. The lowest BCUT2D eigenvalue weighted by molar-refractivity contribution is -0.118. The number of hydrogen-bond donors (Lipinski definition) is 3. The zero-order valence-electron chi connectivity index (χ0n) is 23.4. The third-order valence-electron chi connectivity index (χ3n) is 7.17. The zero-order valence-corrected chi connectivity index (χ0v) is 24.2. The molecule has 0 saturated heterocycles. The third-order valence-corrected chi connectivity index (χ3v) is 7.99. The summed E-state index contributed by atoms with van der Waals surface area (Å²) >= 11 is 1.49. The van der Waals surface area contributed by atoms with E-state index in [-0.39, 0.29) is 18.0 Å². The van der Waals surface area contributed by atoms with Crippen LogP contribution in [0.3, 0.4) is 0 Å². The number of thiophene rings is 1. The normalized spacial score (nSPS) is 13.6. The van der Waals surface area contributed by atoms with E-state index in [4.69, 9.17) is 0 Å². The van der Waals surface area contributed by atoms with Crippen molar-refractivity contribution in [2.24, 2.45) is 0 Å². The van der Waals surface area contributed by atoms with Gasteiger partial charge in [0.1, 0.15) is 11.6 Å². The number of benzene rings is 3. The molecule has 0 unspecified atom stereocenters. The number of carbonyl (C=O) groups excluding carboxylic acids is 3. The fourth-order valence-corrected chi connectivity index (χ4v) is 5.62. The smallest absolute Gasteiger partial charge is 0.263 e. The van der Waals surface area contributed by atoms with Gasteiger partial charge in [0.15, 0.2) is 11.6 Å². The Morgan fingerprint density at radius 3 is 2.49 bits per heavy atom. The summed E-state index contributed by atoms with van der Waals surface area (Å²) < 4.78 is 28.3. The molecule has 6 rings (SSSR count). The third kappa shape index (κ3) is 6.34. The lowest BCUT2D eigenvalue weighted by Gasteiger charge is -2.19. The first-order chi connectivity index (χ1) is 21.8. The minimum Gasteiger partial charge on any atom is -0.336 e. The highest BCUT2D eigenvalue weighted by molar-refractivity contribution is 7.11. The lowest BCUT2D eigenvalue weighted by Crippen LogP contribution is -2.40. The van der Waals surface area contributed by atoms with E-state index in [1.807, 2.05) is 17.5 Å². The van der Waals surface area contributed by atoms with Crippen LogP contribution >= 0.6 is 11.3 Å². The average molecular weight is 623 g/mol. The maximum absolute atomic E-state index is 13.7. The van der Waals surface area contributed by atoms with Gasteiger partial charge in [-0.05, 0) is 71.1 Å². The van der Waals surface area contributed by atoms with E-state index in [1.54, 1.807) is 54.6 Å². The van der Waals surface area contributed by atoms with Crippen LogP contribution in [0, 0.1) is 11.6 Å². The average Bonchev–Trinajstić information content (AvgIpc) is 3.66. The van der Waals surface area contributed by atoms with Crippen LogP contribution in [0.2, 0.25) is 0 Å². The minimum atomic E-state index is -1.19. The summed E-state index contributed by atoms with van der Waals surface area (Å²) in [4.78, 5) is 53.9. The van der Waals surface area contributed by atoms with Crippen LogP contribution in [0.5, 0.6) is 0 Å². The summed E-state index contributed by atoms with van der Waals surface area (Å²) in [6, 6.07) is 22.2. The summed E-state index contributed by atoms with van der Waals surface area (Å²) in [5.41, 5.74) is 1.98. The second-order valence-corrected chi connectivity index (χ2v) is 11.2. The van der Waals surface area contributed by atoms with Gasteiger partial charge in [-0.15, -0.1) is 11.3 Å². The van der Waals surface area contributed by atoms with Gasteiger partial charge in [-0.2, -0.15) is 0 Å². The van der Waals surface area contributed by atoms with Gasteiger partial charge in [0.25, 0.3) is 23.3 Å². The van der Waals surface area contributed by atoms with Gasteiger partial charge in [-0.1, -0.05) is 42.5 Å². The molecule has 3 aromatic carbocycles. The molecule has 0 radical (unpaired) electrons. The number of anilines is 2. The Labute approximate surface area is 259 Å². The van der Waals surface area contributed by atoms with E-state index < -0.39 is 35.0 Å². The van der Waals surface area contributed by atoms with Crippen LogP contribution in [0.15, 0.2) is 107 Å². The molecule has 3 N–H and O–H groups in total. The molecule has 0 fully saturated rings. The van der Waals surface area contributed by atoms with Gasteiger partial charge < -0.3 is 20.5 Å². The molecule has 3 heterocycles. The molecule has 0 spiro atoms. The number of pyridine rings is 1. The summed E-state index contributed by atoms with van der Waals surface area (Å²) in [6.45, 7) is -0.0988. The second kappa shape index (κ2) is 12.5. The molecular formula is C34H24F2N4O4S. The van der Waals surface area contributed by atoms with Gasteiger partial charge in [0.05, 0.1) is 12.1 Å². The zero-order chi connectivity index (χ0) is 31.5. The van der Waals surface area contributed by atoms with E-state index in [9.17, 15) is 28.0 Å². The van der Waals surface area contributed by atoms with Crippen molar-refractivity contribution < 1.29 is 23.2 Å². The molecule has 3 amide bonds. The number of nitrogens with zero attached hydrogens (tertiary/aromatic N) is 1. The molecule has 224 valence electrons. The van der Waals surface area contributed by atoms with Crippen molar-refractivity contribution in [3.8, 4) is 0 Å². The largest absolute Gasteiger partial charge is 0.336 e. The van der Waals surface area contributed by atoms with E-state index >= 15 is 0 Å². The van der Waals surface area contributed by atoms with Gasteiger partial charge in [-0.25, -0.2) is 8.78 Å². The highest BCUT2D eigenvalue weighted by Crippen LogP contribution is 2.36. The Morgan fingerprint density at radius 2 is 1.73 bits per heavy atom. The van der Waals surface area contributed by atoms with Crippen molar-refractivity contribution in [3.63, 3.8) is 0 Å². The summed E-state index contributed by atoms with van der Waals surface area (Å²) in [5, 5.41) is 10.2. The number of halogens is 2. The van der Waals surface area contributed by atoms with Crippen molar-refractivity contribution in [2.45, 2.75) is 12.6 Å². The Balaban J connectivity index is 1.25. The SMILES string of the molecule is O=C1Nc2ccc(NC(=O)[C@H](NC(=O)c3cccn(Cc4ccc(F)c(F)c4)c3=O)c3ccccc3)cc2/C1=C/c1cccs1. The number of nitrogens with one attached hydrogen (secondary N) is 3. The fraction of sp³-hybridized carbons (Fsp3) is 0.0588. The first kappa shape index (κ1) is 29.4. The van der Waals surface area contributed by atoms with E-state index in [2.05, 4.69) is 16.0 Å². The number of carbonyl (C=O) groups is 3. The first-order valence-electron chi connectivity index (χ1n) is 13.8. The summed E-state index contributed by atoms with van der Waals surface area (Å²) in [7, 11) is 0. The molecular weight excluding hydrogens is 598 g/mol. The highest BCUT2D eigenvalue weighted by Gasteiger charge is 2.27. The monoisotopic (exact) mass is 622 g/mol. The molecule has 5 aromatic rings. The molecule has 2 aromatic heterocycles. The van der Waals surface area contributed by atoms with Gasteiger partial charge in [-0.3, -0.25) is 19.2 Å². The van der Waals surface area contributed by atoms with E-state index in [0.29, 0.717) is 33.6 Å². The Bertz CT molecular complexity index is 2020. The second-order valence-electron chi connectivity index (χ2n) is 10.2. The molecule has 8 nitrogen and oxygen atoms in total. The van der Waals surface area contributed by atoms with Gasteiger partial charge in [0.2, 0.25) is 0 Å². The van der Waals surface area contributed by atoms with Crippen LogP contribution in [-0.4, -0.2) is 22.3 Å².